The van der Waals surface area contributed by atoms with Crippen LogP contribution >= 0.6 is 0 Å². The molecule has 4 aromatic rings. The number of anilines is 1. The van der Waals surface area contributed by atoms with Crippen LogP contribution in [0, 0.1) is 0 Å². The van der Waals surface area contributed by atoms with Gasteiger partial charge in [-0.05, 0) is 35.4 Å². The number of hydrogen-bond acceptors (Lipinski definition) is 6. The second kappa shape index (κ2) is 9.00. The Bertz CT molecular complexity index is 1110. The summed E-state index contributed by atoms with van der Waals surface area (Å²) < 4.78 is 6.53. The van der Waals surface area contributed by atoms with Gasteiger partial charge < -0.3 is 10.1 Å². The van der Waals surface area contributed by atoms with Crippen LogP contribution in [0.1, 0.15) is 15.9 Å². The molecule has 4 rings (SSSR count). The van der Waals surface area contributed by atoms with E-state index in [4.69, 9.17) is 4.74 Å². The highest BCUT2D eigenvalue weighted by atomic mass is 16.5. The lowest BCUT2D eigenvalue weighted by Crippen LogP contribution is -2.18. The summed E-state index contributed by atoms with van der Waals surface area (Å²) in [6, 6.07) is 20.9. The van der Waals surface area contributed by atoms with Crippen LogP contribution in [0.5, 0.6) is 5.75 Å². The van der Waals surface area contributed by atoms with Crippen molar-refractivity contribution < 1.29 is 9.53 Å². The van der Waals surface area contributed by atoms with Gasteiger partial charge in [-0.1, -0.05) is 42.5 Å². The van der Waals surface area contributed by atoms with Crippen molar-refractivity contribution >= 4 is 11.9 Å². The van der Waals surface area contributed by atoms with Gasteiger partial charge >= 0.3 is 0 Å². The van der Waals surface area contributed by atoms with Gasteiger partial charge in [-0.25, -0.2) is 0 Å². The first kappa shape index (κ1) is 19.3. The lowest BCUT2D eigenvalue weighted by atomic mass is 10.1. The zero-order valence-electron chi connectivity index (χ0n) is 16.5. The summed E-state index contributed by atoms with van der Waals surface area (Å²) >= 11 is 0. The molecule has 0 unspecified atom stereocenters. The van der Waals surface area contributed by atoms with Crippen LogP contribution in [-0.4, -0.2) is 32.8 Å². The topological polar surface area (TPSA) is 81.9 Å². The smallest absolute Gasteiger partial charge is 0.254 e. The van der Waals surface area contributed by atoms with Crippen molar-refractivity contribution in [2.24, 2.45) is 0 Å². The number of nitrogens with zero attached hydrogens (tertiary/aromatic N) is 4. The fraction of sp³-hybridized carbons (Fsp3) is 0.130. The van der Waals surface area contributed by atoms with Gasteiger partial charge in [0.15, 0.2) is 5.82 Å². The number of methoxy groups -OCH3 is 1. The van der Waals surface area contributed by atoms with Crippen molar-refractivity contribution in [3.8, 4) is 17.1 Å². The van der Waals surface area contributed by atoms with Gasteiger partial charge in [-0.2, -0.15) is 9.67 Å². The summed E-state index contributed by atoms with van der Waals surface area (Å²) in [6.07, 6.45) is 3.58. The van der Waals surface area contributed by atoms with E-state index in [-0.39, 0.29) is 12.3 Å². The lowest BCUT2D eigenvalue weighted by Gasteiger charge is -2.08. The maximum absolute atomic E-state index is 13.0. The molecule has 0 amide bonds. The summed E-state index contributed by atoms with van der Waals surface area (Å²) in [6.45, 7) is 0.497. The molecule has 7 nitrogen and oxygen atoms in total. The van der Waals surface area contributed by atoms with E-state index in [9.17, 15) is 4.79 Å². The fourth-order valence-electron chi connectivity index (χ4n) is 2.99. The first-order valence-corrected chi connectivity index (χ1v) is 9.54. The minimum absolute atomic E-state index is 0.161. The maximum atomic E-state index is 13.0. The highest BCUT2D eigenvalue weighted by Crippen LogP contribution is 2.19. The molecule has 30 heavy (non-hydrogen) atoms. The molecular weight excluding hydrogens is 378 g/mol. The number of benzene rings is 2. The monoisotopic (exact) mass is 399 g/mol. The Labute approximate surface area is 174 Å². The van der Waals surface area contributed by atoms with Crippen molar-refractivity contribution in [3.05, 3.63) is 90.3 Å². The van der Waals surface area contributed by atoms with E-state index in [1.807, 2.05) is 66.7 Å². The van der Waals surface area contributed by atoms with E-state index in [1.54, 1.807) is 19.5 Å². The second-order valence-electron chi connectivity index (χ2n) is 6.66. The standard InChI is InChI=1S/C23H21N5O2/c1-30-20-9-7-18(8-10-20)16-25-23-26-22(19-11-13-24-14-12-19)27-28(23)21(29)15-17-5-3-2-4-6-17/h2-14H,15-16H2,1H3,(H,25,26,27). The predicted octanol–water partition coefficient (Wildman–Crippen LogP) is 3.84. The number of ether oxygens (including phenoxy) is 1. The predicted molar refractivity (Wildman–Crippen MR) is 114 cm³/mol. The SMILES string of the molecule is COc1ccc(CNc2nc(-c3ccncc3)nn2C(=O)Cc2ccccc2)cc1. The summed E-state index contributed by atoms with van der Waals surface area (Å²) in [4.78, 5) is 21.6. The first-order chi connectivity index (χ1) is 14.7. The first-order valence-electron chi connectivity index (χ1n) is 9.54. The van der Waals surface area contributed by atoms with E-state index in [0.717, 1.165) is 22.4 Å². The molecule has 0 saturated heterocycles. The molecule has 0 fully saturated rings. The molecule has 0 aliphatic carbocycles. The van der Waals surface area contributed by atoms with Crippen molar-refractivity contribution in [2.75, 3.05) is 12.4 Å². The van der Waals surface area contributed by atoms with Gasteiger partial charge in [-0.15, -0.1) is 5.10 Å². The summed E-state index contributed by atoms with van der Waals surface area (Å²) in [5.41, 5.74) is 2.75. The molecule has 0 aliphatic rings. The molecule has 0 bridgehead atoms. The molecule has 0 aliphatic heterocycles. The third-order valence-electron chi connectivity index (χ3n) is 4.59. The van der Waals surface area contributed by atoms with Crippen LogP contribution in [-0.2, 0) is 13.0 Å². The minimum Gasteiger partial charge on any atom is -0.497 e. The van der Waals surface area contributed by atoms with Gasteiger partial charge in [0.25, 0.3) is 5.91 Å². The molecule has 0 spiro atoms. The molecule has 0 radical (unpaired) electrons. The number of pyridine rings is 1. The van der Waals surface area contributed by atoms with Crippen molar-refractivity contribution in [1.29, 1.82) is 0 Å². The molecule has 2 aromatic carbocycles. The van der Waals surface area contributed by atoms with Crippen LogP contribution in [0.25, 0.3) is 11.4 Å². The van der Waals surface area contributed by atoms with Gasteiger partial charge in [0.2, 0.25) is 5.95 Å². The van der Waals surface area contributed by atoms with E-state index in [0.29, 0.717) is 18.3 Å². The Morgan fingerprint density at radius 1 is 0.967 bits per heavy atom. The second-order valence-corrected chi connectivity index (χ2v) is 6.66. The summed E-state index contributed by atoms with van der Waals surface area (Å²) in [7, 11) is 1.63. The number of aromatic nitrogens is 4. The molecule has 0 saturated carbocycles. The van der Waals surface area contributed by atoms with Crippen LogP contribution in [0.3, 0.4) is 0 Å². The van der Waals surface area contributed by atoms with Gasteiger partial charge in [0.05, 0.1) is 13.5 Å². The molecule has 7 heteroatoms. The fourth-order valence-corrected chi connectivity index (χ4v) is 2.99. The third-order valence-corrected chi connectivity index (χ3v) is 4.59. The number of nitrogens with one attached hydrogen (secondary N) is 1. The van der Waals surface area contributed by atoms with Crippen molar-refractivity contribution in [3.63, 3.8) is 0 Å². The van der Waals surface area contributed by atoms with Crippen molar-refractivity contribution in [1.82, 2.24) is 19.7 Å². The zero-order chi connectivity index (χ0) is 20.8. The highest BCUT2D eigenvalue weighted by Gasteiger charge is 2.17. The molecule has 2 aromatic heterocycles. The Morgan fingerprint density at radius 3 is 2.40 bits per heavy atom. The van der Waals surface area contributed by atoms with E-state index >= 15 is 0 Å². The van der Waals surface area contributed by atoms with Gasteiger partial charge in [-0.3, -0.25) is 9.78 Å². The molecule has 150 valence electrons. The van der Waals surface area contributed by atoms with Gasteiger partial charge in [0, 0.05) is 24.5 Å². The zero-order valence-corrected chi connectivity index (χ0v) is 16.5. The molecule has 0 atom stereocenters. The maximum Gasteiger partial charge on any atom is 0.254 e. The van der Waals surface area contributed by atoms with Crippen LogP contribution in [0.15, 0.2) is 79.1 Å². The average Bonchev–Trinajstić information content (AvgIpc) is 3.24. The molecular formula is C23H21N5O2. The van der Waals surface area contributed by atoms with E-state index < -0.39 is 0 Å². The normalized spacial score (nSPS) is 10.6. The Morgan fingerprint density at radius 2 is 1.70 bits per heavy atom. The Balaban J connectivity index is 1.59. The van der Waals surface area contributed by atoms with Crippen LogP contribution in [0.2, 0.25) is 0 Å². The minimum atomic E-state index is -0.161. The van der Waals surface area contributed by atoms with Gasteiger partial charge in [0.1, 0.15) is 5.75 Å². The number of carbonyl (C=O) groups excluding carboxylic acids is 1. The summed E-state index contributed by atoms with van der Waals surface area (Å²) in [5, 5.41) is 7.70. The Kier molecular flexibility index (Phi) is 5.80. The average molecular weight is 399 g/mol. The highest BCUT2D eigenvalue weighted by molar-refractivity contribution is 5.83. The largest absolute Gasteiger partial charge is 0.497 e. The molecule has 1 N–H and O–H groups in total. The van der Waals surface area contributed by atoms with Crippen LogP contribution in [0.4, 0.5) is 5.95 Å². The summed E-state index contributed by atoms with van der Waals surface area (Å²) in [5.74, 6) is 1.50. The van der Waals surface area contributed by atoms with Crippen LogP contribution < -0.4 is 10.1 Å². The van der Waals surface area contributed by atoms with E-state index in [1.165, 1.54) is 4.68 Å². The third kappa shape index (κ3) is 4.52. The van der Waals surface area contributed by atoms with E-state index in [2.05, 4.69) is 20.4 Å². The number of rotatable bonds is 7. The van der Waals surface area contributed by atoms with Crippen molar-refractivity contribution in [2.45, 2.75) is 13.0 Å². The lowest BCUT2D eigenvalue weighted by molar-refractivity contribution is 0.0901. The molecule has 2 heterocycles. The Hall–Kier alpha value is -4.00. The quantitative estimate of drug-likeness (QED) is 0.508. The number of carbonyl (C=O) groups is 1. The number of hydrogen-bond donors (Lipinski definition) is 1.